The minimum Gasteiger partial charge on any atom is -0.481 e. The topological polar surface area (TPSA) is 129 Å². The Kier molecular flexibility index (Phi) is 8.12. The van der Waals surface area contributed by atoms with Crippen LogP contribution in [0.5, 0.6) is 5.88 Å². The molecule has 11 heteroatoms. The summed E-state index contributed by atoms with van der Waals surface area (Å²) in [6.45, 7) is 4.48. The summed E-state index contributed by atoms with van der Waals surface area (Å²) in [7, 11) is 1.57. The Balaban J connectivity index is 1.59. The SMILES string of the molecule is CCCOCCn1c(=O)c(NCCNc2cnccn2)nc2ncc(-c3ccc(OC)nc3)cc21. The van der Waals surface area contributed by atoms with Gasteiger partial charge in [-0.2, -0.15) is 0 Å². The zero-order chi connectivity index (χ0) is 24.5. The van der Waals surface area contributed by atoms with Gasteiger partial charge in [-0.1, -0.05) is 6.92 Å². The second-order valence-electron chi connectivity index (χ2n) is 7.63. The van der Waals surface area contributed by atoms with E-state index in [2.05, 4.69) is 35.6 Å². The van der Waals surface area contributed by atoms with Crippen LogP contribution in [0.2, 0.25) is 0 Å². The van der Waals surface area contributed by atoms with Crippen molar-refractivity contribution in [3.8, 4) is 17.0 Å². The predicted octanol–water partition coefficient (Wildman–Crippen LogP) is 2.60. The summed E-state index contributed by atoms with van der Waals surface area (Å²) in [4.78, 5) is 34.8. The molecule has 11 nitrogen and oxygen atoms in total. The van der Waals surface area contributed by atoms with Gasteiger partial charge in [-0.25, -0.2) is 19.9 Å². The van der Waals surface area contributed by atoms with Crippen LogP contribution in [0.1, 0.15) is 13.3 Å². The Morgan fingerprint density at radius 3 is 2.57 bits per heavy atom. The van der Waals surface area contributed by atoms with Crippen LogP contribution in [0.15, 0.2) is 54.0 Å². The number of nitrogens with zero attached hydrogens (tertiary/aromatic N) is 6. The quantitative estimate of drug-likeness (QED) is 0.294. The fourth-order valence-corrected chi connectivity index (χ4v) is 3.45. The second-order valence-corrected chi connectivity index (χ2v) is 7.63. The van der Waals surface area contributed by atoms with Crippen LogP contribution in [-0.4, -0.2) is 62.9 Å². The number of aromatic nitrogens is 6. The molecule has 0 fully saturated rings. The van der Waals surface area contributed by atoms with Gasteiger partial charge >= 0.3 is 0 Å². The van der Waals surface area contributed by atoms with Crippen LogP contribution in [-0.2, 0) is 11.3 Å². The van der Waals surface area contributed by atoms with Crippen molar-refractivity contribution in [3.05, 3.63) is 59.5 Å². The molecule has 4 aromatic rings. The van der Waals surface area contributed by atoms with E-state index in [4.69, 9.17) is 9.47 Å². The van der Waals surface area contributed by atoms with Gasteiger partial charge in [0.05, 0.1) is 25.4 Å². The van der Waals surface area contributed by atoms with Crippen molar-refractivity contribution in [2.45, 2.75) is 19.9 Å². The monoisotopic (exact) mass is 476 g/mol. The number of nitrogens with one attached hydrogen (secondary N) is 2. The molecule has 0 bridgehead atoms. The van der Waals surface area contributed by atoms with Crippen LogP contribution in [0.4, 0.5) is 11.6 Å². The molecule has 0 unspecified atom stereocenters. The van der Waals surface area contributed by atoms with Crippen molar-refractivity contribution >= 4 is 22.8 Å². The van der Waals surface area contributed by atoms with E-state index in [1.165, 1.54) is 0 Å². The summed E-state index contributed by atoms with van der Waals surface area (Å²) in [6.07, 6.45) is 9.20. The lowest BCUT2D eigenvalue weighted by Gasteiger charge is -2.14. The lowest BCUT2D eigenvalue weighted by molar-refractivity contribution is 0.127. The van der Waals surface area contributed by atoms with Crippen LogP contribution in [0.3, 0.4) is 0 Å². The highest BCUT2D eigenvalue weighted by Gasteiger charge is 2.13. The Hall–Kier alpha value is -4.12. The Bertz CT molecular complexity index is 1300. The van der Waals surface area contributed by atoms with Gasteiger partial charge in [-0.3, -0.25) is 14.3 Å². The molecule has 182 valence electrons. The summed E-state index contributed by atoms with van der Waals surface area (Å²) in [5.74, 6) is 1.42. The first-order valence-electron chi connectivity index (χ1n) is 11.4. The minimum absolute atomic E-state index is 0.232. The van der Waals surface area contributed by atoms with Crippen molar-refractivity contribution in [1.82, 2.24) is 29.5 Å². The van der Waals surface area contributed by atoms with Gasteiger partial charge < -0.3 is 20.1 Å². The summed E-state index contributed by atoms with van der Waals surface area (Å²) >= 11 is 0. The van der Waals surface area contributed by atoms with Gasteiger partial charge in [0.15, 0.2) is 11.5 Å². The van der Waals surface area contributed by atoms with Crippen LogP contribution >= 0.6 is 0 Å². The fourth-order valence-electron chi connectivity index (χ4n) is 3.45. The number of hydrogen-bond acceptors (Lipinski definition) is 10. The standard InChI is InChI=1S/C24H28N8O3/c1-3-11-35-12-10-32-19-13-18(17-4-5-21(34-2)29-14-17)15-30-22(19)31-23(24(32)33)28-9-8-27-20-16-25-6-7-26-20/h4-7,13-16H,3,8-12H2,1-2H3,(H,26,27)(H,28,30,31). The van der Waals surface area contributed by atoms with Crippen LogP contribution in [0.25, 0.3) is 22.3 Å². The van der Waals surface area contributed by atoms with E-state index < -0.39 is 0 Å². The normalized spacial score (nSPS) is 10.9. The van der Waals surface area contributed by atoms with Gasteiger partial charge in [-0.15, -0.1) is 0 Å². The van der Waals surface area contributed by atoms with Crippen molar-refractivity contribution in [3.63, 3.8) is 0 Å². The molecule has 0 aliphatic carbocycles. The highest BCUT2D eigenvalue weighted by atomic mass is 16.5. The fraction of sp³-hybridized carbons (Fsp3) is 0.333. The first kappa shape index (κ1) is 24.0. The lowest BCUT2D eigenvalue weighted by Crippen LogP contribution is -2.29. The van der Waals surface area contributed by atoms with Gasteiger partial charge in [0.1, 0.15) is 5.82 Å². The molecule has 0 spiro atoms. The molecule has 0 saturated carbocycles. The molecule has 0 radical (unpaired) electrons. The molecule has 0 aromatic carbocycles. The van der Waals surface area contributed by atoms with E-state index in [0.717, 1.165) is 17.5 Å². The van der Waals surface area contributed by atoms with E-state index in [-0.39, 0.29) is 11.4 Å². The first-order valence-corrected chi connectivity index (χ1v) is 11.4. The van der Waals surface area contributed by atoms with E-state index in [1.54, 1.807) is 48.7 Å². The zero-order valence-electron chi connectivity index (χ0n) is 19.8. The molecule has 4 aromatic heterocycles. The lowest BCUT2D eigenvalue weighted by atomic mass is 10.1. The van der Waals surface area contributed by atoms with E-state index in [0.29, 0.717) is 55.7 Å². The van der Waals surface area contributed by atoms with Gasteiger partial charge in [-0.05, 0) is 18.6 Å². The van der Waals surface area contributed by atoms with E-state index >= 15 is 0 Å². The molecular weight excluding hydrogens is 448 g/mol. The van der Waals surface area contributed by atoms with E-state index in [9.17, 15) is 4.79 Å². The van der Waals surface area contributed by atoms with Crippen molar-refractivity contribution in [1.29, 1.82) is 0 Å². The molecule has 0 amide bonds. The number of methoxy groups -OCH3 is 1. The maximum atomic E-state index is 13.3. The van der Waals surface area contributed by atoms with Gasteiger partial charge in [0, 0.05) is 68.2 Å². The number of pyridine rings is 2. The maximum Gasteiger partial charge on any atom is 0.293 e. The third kappa shape index (κ3) is 6.07. The third-order valence-corrected chi connectivity index (χ3v) is 5.18. The minimum atomic E-state index is -0.232. The smallest absolute Gasteiger partial charge is 0.293 e. The average molecular weight is 477 g/mol. The van der Waals surface area contributed by atoms with Crippen molar-refractivity contribution in [2.75, 3.05) is 44.0 Å². The van der Waals surface area contributed by atoms with Crippen molar-refractivity contribution in [2.24, 2.45) is 0 Å². The maximum absolute atomic E-state index is 13.3. The largest absolute Gasteiger partial charge is 0.481 e. The average Bonchev–Trinajstić information content (AvgIpc) is 2.91. The molecular formula is C24H28N8O3. The van der Waals surface area contributed by atoms with Crippen LogP contribution < -0.4 is 20.9 Å². The number of hydrogen-bond donors (Lipinski definition) is 2. The van der Waals surface area contributed by atoms with E-state index in [1.807, 2.05) is 19.1 Å². The molecule has 35 heavy (non-hydrogen) atoms. The highest BCUT2D eigenvalue weighted by molar-refractivity contribution is 5.78. The summed E-state index contributed by atoms with van der Waals surface area (Å²) in [5, 5.41) is 6.26. The predicted molar refractivity (Wildman–Crippen MR) is 134 cm³/mol. The van der Waals surface area contributed by atoms with Gasteiger partial charge in [0.25, 0.3) is 5.56 Å². The summed E-state index contributed by atoms with van der Waals surface area (Å²) < 4.78 is 12.4. The first-order chi connectivity index (χ1) is 17.2. The molecule has 0 aliphatic heterocycles. The van der Waals surface area contributed by atoms with Crippen LogP contribution in [0, 0.1) is 0 Å². The summed E-state index contributed by atoms with van der Waals surface area (Å²) in [5.41, 5.74) is 2.55. The Morgan fingerprint density at radius 2 is 1.83 bits per heavy atom. The molecule has 0 saturated heterocycles. The van der Waals surface area contributed by atoms with Crippen molar-refractivity contribution < 1.29 is 9.47 Å². The third-order valence-electron chi connectivity index (χ3n) is 5.18. The molecule has 0 aliphatic rings. The number of fused-ring (bicyclic) bond motifs is 1. The Labute approximate surface area is 202 Å². The number of rotatable bonds is 12. The second kappa shape index (κ2) is 11.8. The Morgan fingerprint density at radius 1 is 0.971 bits per heavy atom. The number of ether oxygens (including phenoxy) is 2. The zero-order valence-corrected chi connectivity index (χ0v) is 19.8. The number of anilines is 2. The molecule has 4 heterocycles. The summed E-state index contributed by atoms with van der Waals surface area (Å²) in [6, 6.07) is 5.58. The molecule has 0 atom stereocenters. The molecule has 4 rings (SSSR count). The van der Waals surface area contributed by atoms with Gasteiger partial charge in [0.2, 0.25) is 5.88 Å². The highest BCUT2D eigenvalue weighted by Crippen LogP contribution is 2.23. The molecule has 2 N–H and O–H groups in total.